The van der Waals surface area contributed by atoms with Crippen molar-refractivity contribution in [3.8, 4) is 0 Å². The maximum atomic E-state index is 10.8. The van der Waals surface area contributed by atoms with E-state index in [0.717, 1.165) is 17.7 Å². The monoisotopic (exact) mass is 312 g/mol. The molecule has 0 aliphatic carbocycles. The molecule has 2 N–H and O–H groups in total. The van der Waals surface area contributed by atoms with E-state index in [1.54, 1.807) is 23.9 Å². The summed E-state index contributed by atoms with van der Waals surface area (Å²) in [5, 5.41) is 21.6. The van der Waals surface area contributed by atoms with Crippen LogP contribution < -0.4 is 5.32 Å². The Morgan fingerprint density at radius 1 is 1.38 bits per heavy atom. The van der Waals surface area contributed by atoms with E-state index in [-0.39, 0.29) is 5.69 Å². The Hall–Kier alpha value is -2.09. The smallest absolute Gasteiger partial charge is 0.326 e. The van der Waals surface area contributed by atoms with Gasteiger partial charge in [0.15, 0.2) is 0 Å². The summed E-state index contributed by atoms with van der Waals surface area (Å²) in [6.45, 7) is 0. The van der Waals surface area contributed by atoms with Gasteiger partial charge in [-0.1, -0.05) is 12.1 Å². The fourth-order valence-corrected chi connectivity index (χ4v) is 2.62. The van der Waals surface area contributed by atoms with Crippen molar-refractivity contribution in [3.05, 3.63) is 39.9 Å². The predicted octanol–water partition coefficient (Wildman–Crippen LogP) is 1.46. The van der Waals surface area contributed by atoms with Gasteiger partial charge in [0, 0.05) is 12.1 Å². The summed E-state index contributed by atoms with van der Waals surface area (Å²) in [6, 6.07) is 5.51. The Labute approximate surface area is 125 Å². The molecule has 0 bridgehead atoms. The van der Waals surface area contributed by atoms with Crippen LogP contribution in [0.1, 0.15) is 12.0 Å². The number of carbonyl (C=O) groups is 2. The molecule has 21 heavy (non-hydrogen) atoms. The van der Waals surface area contributed by atoms with Gasteiger partial charge in [-0.05, 0) is 29.9 Å². The van der Waals surface area contributed by atoms with E-state index in [2.05, 4.69) is 5.32 Å². The molecule has 0 fully saturated rings. The minimum atomic E-state index is -1.04. The Bertz CT molecular complexity index is 492. The van der Waals surface area contributed by atoms with E-state index in [4.69, 9.17) is 5.11 Å². The molecule has 1 unspecified atom stereocenters. The molecule has 0 spiro atoms. The average molecular weight is 312 g/mol. The van der Waals surface area contributed by atoms with Crippen molar-refractivity contribution in [1.82, 2.24) is 5.32 Å². The van der Waals surface area contributed by atoms with Gasteiger partial charge in [-0.25, -0.2) is 4.79 Å². The predicted molar refractivity (Wildman–Crippen MR) is 79.4 cm³/mol. The van der Waals surface area contributed by atoms with Gasteiger partial charge in [-0.2, -0.15) is 11.8 Å². The van der Waals surface area contributed by atoms with Gasteiger partial charge < -0.3 is 10.4 Å². The maximum Gasteiger partial charge on any atom is 0.326 e. The lowest BCUT2D eigenvalue weighted by Gasteiger charge is -2.10. The first-order valence-corrected chi connectivity index (χ1v) is 7.43. The second-order valence-corrected chi connectivity index (χ2v) is 5.47. The Morgan fingerprint density at radius 3 is 2.57 bits per heavy atom. The molecule has 0 saturated carbocycles. The number of hydrogen-bond donors (Lipinski definition) is 2. The molecular formula is C13H16N2O5S. The van der Waals surface area contributed by atoms with E-state index in [1.165, 1.54) is 12.1 Å². The minimum Gasteiger partial charge on any atom is -0.480 e. The Kier molecular flexibility index (Phi) is 7.24. The summed E-state index contributed by atoms with van der Waals surface area (Å²) < 4.78 is 0. The molecule has 0 aliphatic rings. The van der Waals surface area contributed by atoms with Crippen LogP contribution >= 0.6 is 11.8 Å². The number of carboxylic acids is 1. The highest BCUT2D eigenvalue weighted by Crippen LogP contribution is 2.14. The standard InChI is InChI=1S/C13H16N2O5S/c16-9-14-12(13(17)18)6-8-21-7-5-10-1-3-11(4-2-10)15(19)20/h1-4,9,12H,5-8H2,(H,14,16)(H,17,18). The minimum absolute atomic E-state index is 0.0654. The molecule has 0 saturated heterocycles. The lowest BCUT2D eigenvalue weighted by atomic mass is 10.1. The number of aryl methyl sites for hydroxylation is 1. The quantitative estimate of drug-likeness (QED) is 0.293. The first-order chi connectivity index (χ1) is 10.0. The van der Waals surface area contributed by atoms with Crippen molar-refractivity contribution < 1.29 is 19.6 Å². The van der Waals surface area contributed by atoms with Gasteiger partial charge in [0.1, 0.15) is 6.04 Å². The summed E-state index contributed by atoms with van der Waals surface area (Å²) in [5.74, 6) is 0.355. The highest BCUT2D eigenvalue weighted by Gasteiger charge is 2.15. The van der Waals surface area contributed by atoms with Gasteiger partial charge in [0.2, 0.25) is 6.41 Å². The second kappa shape index (κ2) is 8.96. The number of thioether (sulfide) groups is 1. The SMILES string of the molecule is O=CNC(CCSCCc1ccc([N+](=O)[O-])cc1)C(=O)O. The number of rotatable bonds is 10. The van der Waals surface area contributed by atoms with Crippen molar-refractivity contribution in [3.63, 3.8) is 0 Å². The molecule has 0 radical (unpaired) electrons. The summed E-state index contributed by atoms with van der Waals surface area (Å²) in [4.78, 5) is 31.1. The normalized spacial score (nSPS) is 11.6. The third-order valence-electron chi connectivity index (χ3n) is 2.80. The molecule has 114 valence electrons. The lowest BCUT2D eigenvalue weighted by Crippen LogP contribution is -2.36. The lowest BCUT2D eigenvalue weighted by molar-refractivity contribution is -0.384. The number of amides is 1. The summed E-state index contributed by atoms with van der Waals surface area (Å²) in [6.07, 6.45) is 1.50. The Balaban J connectivity index is 2.26. The third-order valence-corrected chi connectivity index (χ3v) is 3.82. The molecule has 1 aromatic carbocycles. The van der Waals surface area contributed by atoms with Gasteiger partial charge in [0.05, 0.1) is 4.92 Å². The van der Waals surface area contributed by atoms with Crippen LogP contribution in [-0.4, -0.2) is 40.0 Å². The number of carbonyl (C=O) groups excluding carboxylic acids is 1. The van der Waals surface area contributed by atoms with E-state index < -0.39 is 16.9 Å². The molecular weight excluding hydrogens is 296 g/mol. The van der Waals surface area contributed by atoms with E-state index >= 15 is 0 Å². The van der Waals surface area contributed by atoms with Gasteiger partial charge >= 0.3 is 5.97 Å². The van der Waals surface area contributed by atoms with Gasteiger partial charge in [0.25, 0.3) is 5.69 Å². The largest absolute Gasteiger partial charge is 0.480 e. The van der Waals surface area contributed by atoms with Crippen molar-refractivity contribution in [2.75, 3.05) is 11.5 Å². The molecule has 1 atom stereocenters. The van der Waals surface area contributed by atoms with Crippen molar-refractivity contribution in [1.29, 1.82) is 0 Å². The Morgan fingerprint density at radius 2 is 2.05 bits per heavy atom. The third kappa shape index (κ3) is 6.26. The molecule has 1 amide bonds. The van der Waals surface area contributed by atoms with Crippen LogP contribution in [0.4, 0.5) is 5.69 Å². The number of benzene rings is 1. The zero-order valence-electron chi connectivity index (χ0n) is 11.2. The van der Waals surface area contributed by atoms with Crippen LogP contribution in [0.15, 0.2) is 24.3 Å². The topological polar surface area (TPSA) is 110 Å². The number of nitro groups is 1. The molecule has 7 nitrogen and oxygen atoms in total. The highest BCUT2D eigenvalue weighted by molar-refractivity contribution is 7.99. The van der Waals surface area contributed by atoms with Crippen LogP contribution in [-0.2, 0) is 16.0 Å². The van der Waals surface area contributed by atoms with Crippen molar-refractivity contribution in [2.24, 2.45) is 0 Å². The number of nitrogens with one attached hydrogen (secondary N) is 1. The first-order valence-electron chi connectivity index (χ1n) is 6.28. The summed E-state index contributed by atoms with van der Waals surface area (Å²) >= 11 is 1.58. The van der Waals surface area contributed by atoms with Crippen LogP contribution in [0.25, 0.3) is 0 Å². The molecule has 1 rings (SSSR count). The number of nitro benzene ring substituents is 1. The summed E-state index contributed by atoms with van der Waals surface area (Å²) in [5.41, 5.74) is 1.06. The molecule has 0 heterocycles. The molecule has 1 aromatic rings. The first kappa shape index (κ1) is 17.0. The fourth-order valence-electron chi connectivity index (χ4n) is 1.64. The highest BCUT2D eigenvalue weighted by atomic mass is 32.2. The van der Waals surface area contributed by atoms with Crippen LogP contribution in [0.5, 0.6) is 0 Å². The zero-order valence-corrected chi connectivity index (χ0v) is 12.0. The number of nitrogens with zero attached hydrogens (tertiary/aromatic N) is 1. The van der Waals surface area contributed by atoms with Gasteiger partial charge in [-0.15, -0.1) is 0 Å². The number of aliphatic carboxylic acids is 1. The molecule has 0 aromatic heterocycles. The zero-order chi connectivity index (χ0) is 15.7. The van der Waals surface area contributed by atoms with Crippen LogP contribution in [0, 0.1) is 10.1 Å². The number of hydrogen-bond acceptors (Lipinski definition) is 5. The molecule has 8 heteroatoms. The van der Waals surface area contributed by atoms with E-state index in [9.17, 15) is 19.7 Å². The van der Waals surface area contributed by atoms with Crippen molar-refractivity contribution >= 4 is 29.8 Å². The van der Waals surface area contributed by atoms with E-state index in [1.807, 2.05) is 0 Å². The van der Waals surface area contributed by atoms with Crippen LogP contribution in [0.2, 0.25) is 0 Å². The van der Waals surface area contributed by atoms with Crippen molar-refractivity contribution in [2.45, 2.75) is 18.9 Å². The second-order valence-electron chi connectivity index (χ2n) is 4.25. The molecule has 0 aliphatic heterocycles. The average Bonchev–Trinajstić information content (AvgIpc) is 2.46. The van der Waals surface area contributed by atoms with Gasteiger partial charge in [-0.3, -0.25) is 14.9 Å². The van der Waals surface area contributed by atoms with Crippen LogP contribution in [0.3, 0.4) is 0 Å². The summed E-state index contributed by atoms with van der Waals surface area (Å²) in [7, 11) is 0. The van der Waals surface area contributed by atoms with E-state index in [0.29, 0.717) is 18.6 Å². The number of non-ortho nitro benzene ring substituents is 1. The fraction of sp³-hybridized carbons (Fsp3) is 0.385. The number of carboxylic acid groups (broad SMARTS) is 1. The maximum absolute atomic E-state index is 10.8.